The van der Waals surface area contributed by atoms with Gasteiger partial charge in [-0.05, 0) is 29.7 Å². The highest BCUT2D eigenvalue weighted by Crippen LogP contribution is 2.30. The number of hydrogen-bond donors (Lipinski definition) is 0. The highest BCUT2D eigenvalue weighted by Gasteiger charge is 2.30. The van der Waals surface area contributed by atoms with Gasteiger partial charge in [-0.1, -0.05) is 41.9 Å². The summed E-state index contributed by atoms with van der Waals surface area (Å²) in [6, 6.07) is 11.8. The fourth-order valence-electron chi connectivity index (χ4n) is 2.64. The molecule has 0 N–H and O–H groups in total. The summed E-state index contributed by atoms with van der Waals surface area (Å²) in [4.78, 5) is 18.5. The van der Waals surface area contributed by atoms with E-state index in [4.69, 9.17) is 11.6 Å². The molecule has 20 heavy (non-hydrogen) atoms. The molecule has 0 bridgehead atoms. The van der Waals surface area contributed by atoms with Crippen LogP contribution in [0, 0.1) is 0 Å². The van der Waals surface area contributed by atoms with Crippen LogP contribution in [0.25, 0.3) is 0 Å². The number of halogens is 1. The van der Waals surface area contributed by atoms with Crippen molar-refractivity contribution in [1.29, 1.82) is 0 Å². The zero-order chi connectivity index (χ0) is 14.1. The summed E-state index contributed by atoms with van der Waals surface area (Å²) in [5.74, 6) is -0.0217. The summed E-state index contributed by atoms with van der Waals surface area (Å²) in [5.41, 5.74) is 3.22. The second-order valence-corrected chi connectivity index (χ2v) is 5.49. The van der Waals surface area contributed by atoms with Crippen LogP contribution in [0.4, 0.5) is 0 Å². The normalized spacial score (nSPS) is 18.0. The maximum atomic E-state index is 12.5. The van der Waals surface area contributed by atoms with Crippen molar-refractivity contribution in [3.63, 3.8) is 0 Å². The van der Waals surface area contributed by atoms with Crippen molar-refractivity contribution < 1.29 is 4.79 Å². The number of nitrogens with zero attached hydrogens (tertiary/aromatic N) is 2. The number of pyridine rings is 1. The molecule has 102 valence electrons. The monoisotopic (exact) mass is 286 g/mol. The quantitative estimate of drug-likeness (QED) is 0.793. The van der Waals surface area contributed by atoms with Crippen LogP contribution in [0.3, 0.4) is 0 Å². The lowest BCUT2D eigenvalue weighted by molar-refractivity contribution is -0.134. The highest BCUT2D eigenvalue weighted by molar-refractivity contribution is 6.29. The van der Waals surface area contributed by atoms with Gasteiger partial charge in [-0.3, -0.25) is 4.79 Å². The summed E-state index contributed by atoms with van der Waals surface area (Å²) in [6.45, 7) is 3.15. The first kappa shape index (κ1) is 13.1. The Kier molecular flexibility index (Phi) is 3.45. The molecule has 1 aromatic heterocycles. The van der Waals surface area contributed by atoms with E-state index in [2.05, 4.69) is 4.98 Å². The minimum atomic E-state index is -0.164. The van der Waals surface area contributed by atoms with E-state index in [1.165, 1.54) is 0 Å². The van der Waals surface area contributed by atoms with Crippen molar-refractivity contribution in [1.82, 2.24) is 9.88 Å². The Labute approximate surface area is 123 Å². The number of benzene rings is 1. The van der Waals surface area contributed by atoms with E-state index in [0.717, 1.165) is 16.7 Å². The zero-order valence-corrected chi connectivity index (χ0v) is 12.0. The molecule has 0 aliphatic carbocycles. The summed E-state index contributed by atoms with van der Waals surface area (Å²) >= 11 is 5.92. The van der Waals surface area contributed by atoms with Crippen molar-refractivity contribution in [3.8, 4) is 0 Å². The molecule has 1 aliphatic heterocycles. The first-order chi connectivity index (χ1) is 9.65. The Hall–Kier alpha value is -1.87. The lowest BCUT2D eigenvalue weighted by Gasteiger charge is -2.32. The molecule has 4 heteroatoms. The second kappa shape index (κ2) is 5.25. The Morgan fingerprint density at radius 2 is 2.10 bits per heavy atom. The van der Waals surface area contributed by atoms with Crippen molar-refractivity contribution in [2.24, 2.45) is 0 Å². The molecule has 0 fully saturated rings. The van der Waals surface area contributed by atoms with E-state index in [-0.39, 0.29) is 11.8 Å². The van der Waals surface area contributed by atoms with Gasteiger partial charge in [0, 0.05) is 19.3 Å². The lowest BCUT2D eigenvalue weighted by atomic mass is 9.91. The van der Waals surface area contributed by atoms with E-state index in [1.54, 1.807) is 12.3 Å². The lowest BCUT2D eigenvalue weighted by Crippen LogP contribution is -2.38. The van der Waals surface area contributed by atoms with Crippen LogP contribution < -0.4 is 0 Å². The topological polar surface area (TPSA) is 33.2 Å². The third-order valence-corrected chi connectivity index (χ3v) is 3.92. The van der Waals surface area contributed by atoms with Gasteiger partial charge >= 0.3 is 0 Å². The second-order valence-electron chi connectivity index (χ2n) is 5.11. The predicted molar refractivity (Wildman–Crippen MR) is 78.4 cm³/mol. The van der Waals surface area contributed by atoms with E-state index in [9.17, 15) is 4.79 Å². The van der Waals surface area contributed by atoms with E-state index in [0.29, 0.717) is 18.2 Å². The van der Waals surface area contributed by atoms with Crippen LogP contribution in [-0.4, -0.2) is 15.8 Å². The number of amides is 1. The largest absolute Gasteiger partial charge is 0.333 e. The average Bonchev–Trinajstić information content (AvgIpc) is 2.46. The Morgan fingerprint density at radius 1 is 1.35 bits per heavy atom. The summed E-state index contributed by atoms with van der Waals surface area (Å²) in [7, 11) is 0. The zero-order valence-electron chi connectivity index (χ0n) is 11.2. The maximum absolute atomic E-state index is 12.5. The molecule has 2 heterocycles. The summed E-state index contributed by atoms with van der Waals surface area (Å²) < 4.78 is 0. The van der Waals surface area contributed by atoms with Crippen LogP contribution in [-0.2, 0) is 17.9 Å². The first-order valence-corrected chi connectivity index (χ1v) is 7.00. The smallest absolute Gasteiger partial charge is 0.230 e. The molecular formula is C16H15ClN2O. The molecule has 1 aliphatic rings. The number of rotatable bonds is 2. The summed E-state index contributed by atoms with van der Waals surface area (Å²) in [5, 5.41) is 0.444. The fraction of sp³-hybridized carbons (Fsp3) is 0.250. The Morgan fingerprint density at radius 3 is 2.85 bits per heavy atom. The Balaban J connectivity index is 1.89. The van der Waals surface area contributed by atoms with Crippen LogP contribution in [0.1, 0.15) is 29.5 Å². The van der Waals surface area contributed by atoms with Gasteiger partial charge in [-0.25, -0.2) is 4.98 Å². The average molecular weight is 287 g/mol. The van der Waals surface area contributed by atoms with E-state index in [1.807, 2.05) is 42.2 Å². The standard InChI is InChI=1S/C16H15ClN2O/c1-11-14-7-15(17)18-8-13(14)10-19(16(11)20)9-12-5-3-2-4-6-12/h2-8,11H,9-10H2,1H3. The fourth-order valence-corrected chi connectivity index (χ4v) is 2.80. The van der Waals surface area contributed by atoms with Crippen molar-refractivity contribution in [2.75, 3.05) is 0 Å². The van der Waals surface area contributed by atoms with E-state index >= 15 is 0 Å². The molecule has 0 radical (unpaired) electrons. The van der Waals surface area contributed by atoms with Gasteiger partial charge in [0.15, 0.2) is 0 Å². The number of aromatic nitrogens is 1. The molecule has 1 unspecified atom stereocenters. The number of fused-ring (bicyclic) bond motifs is 1. The van der Waals surface area contributed by atoms with E-state index < -0.39 is 0 Å². The van der Waals surface area contributed by atoms with Gasteiger partial charge in [-0.15, -0.1) is 0 Å². The predicted octanol–water partition coefficient (Wildman–Crippen LogP) is 3.38. The van der Waals surface area contributed by atoms with Crippen molar-refractivity contribution in [2.45, 2.75) is 25.9 Å². The van der Waals surface area contributed by atoms with Gasteiger partial charge in [0.2, 0.25) is 5.91 Å². The number of hydrogen-bond acceptors (Lipinski definition) is 2. The molecular weight excluding hydrogens is 272 g/mol. The van der Waals surface area contributed by atoms with Crippen LogP contribution in [0.5, 0.6) is 0 Å². The molecule has 2 aromatic rings. The molecule has 1 aromatic carbocycles. The number of carbonyl (C=O) groups excluding carboxylic acids is 1. The first-order valence-electron chi connectivity index (χ1n) is 6.62. The van der Waals surface area contributed by atoms with Gasteiger partial charge in [-0.2, -0.15) is 0 Å². The molecule has 3 nitrogen and oxygen atoms in total. The van der Waals surface area contributed by atoms with Crippen molar-refractivity contribution in [3.05, 3.63) is 64.4 Å². The minimum absolute atomic E-state index is 0.142. The molecule has 0 spiro atoms. The minimum Gasteiger partial charge on any atom is -0.333 e. The van der Waals surface area contributed by atoms with Gasteiger partial charge in [0.1, 0.15) is 5.15 Å². The highest BCUT2D eigenvalue weighted by atomic mass is 35.5. The maximum Gasteiger partial charge on any atom is 0.230 e. The SMILES string of the molecule is CC1C(=O)N(Cc2ccccc2)Cc2cnc(Cl)cc21. The molecule has 0 saturated carbocycles. The molecule has 3 rings (SSSR count). The molecule has 1 atom stereocenters. The summed E-state index contributed by atoms with van der Waals surface area (Å²) in [6.07, 6.45) is 1.78. The van der Waals surface area contributed by atoms with Crippen LogP contribution >= 0.6 is 11.6 Å². The van der Waals surface area contributed by atoms with Gasteiger partial charge in [0.05, 0.1) is 5.92 Å². The Bertz CT molecular complexity index is 642. The van der Waals surface area contributed by atoms with Gasteiger partial charge < -0.3 is 4.90 Å². The third kappa shape index (κ3) is 2.41. The number of carbonyl (C=O) groups is 1. The van der Waals surface area contributed by atoms with Crippen LogP contribution in [0.15, 0.2) is 42.6 Å². The third-order valence-electron chi connectivity index (χ3n) is 3.72. The van der Waals surface area contributed by atoms with Gasteiger partial charge in [0.25, 0.3) is 0 Å². The molecule has 1 amide bonds. The van der Waals surface area contributed by atoms with Crippen molar-refractivity contribution >= 4 is 17.5 Å². The molecule has 0 saturated heterocycles. The van der Waals surface area contributed by atoms with Crippen LogP contribution in [0.2, 0.25) is 5.15 Å².